The molecule has 0 bridgehead atoms. The minimum Gasteiger partial charge on any atom is -0.352 e. The summed E-state index contributed by atoms with van der Waals surface area (Å²) in [5, 5.41) is 2.81. The van der Waals surface area contributed by atoms with Crippen molar-refractivity contribution < 1.29 is 18.0 Å². The van der Waals surface area contributed by atoms with E-state index in [9.17, 15) is 18.0 Å². The normalized spacial score (nSPS) is 22.9. The SMILES string of the molecule is O=C(NCc1ccc(Br)cc1)C1CCC(C(F)(F)F)CC1. The molecule has 6 heteroatoms. The van der Waals surface area contributed by atoms with E-state index in [4.69, 9.17) is 0 Å². The van der Waals surface area contributed by atoms with E-state index in [0.717, 1.165) is 10.0 Å². The first-order valence-corrected chi connectivity index (χ1v) is 7.74. The van der Waals surface area contributed by atoms with Crippen LogP contribution in [0.1, 0.15) is 31.2 Å². The lowest BCUT2D eigenvalue weighted by molar-refractivity contribution is -0.184. The average molecular weight is 364 g/mol. The fourth-order valence-electron chi connectivity index (χ4n) is 2.62. The highest BCUT2D eigenvalue weighted by molar-refractivity contribution is 9.10. The first-order chi connectivity index (χ1) is 9.86. The van der Waals surface area contributed by atoms with Crippen LogP contribution in [-0.2, 0) is 11.3 Å². The highest BCUT2D eigenvalue weighted by Crippen LogP contribution is 2.39. The van der Waals surface area contributed by atoms with E-state index in [1.165, 1.54) is 0 Å². The fourth-order valence-corrected chi connectivity index (χ4v) is 2.88. The van der Waals surface area contributed by atoms with Gasteiger partial charge < -0.3 is 5.32 Å². The van der Waals surface area contributed by atoms with Gasteiger partial charge in [-0.3, -0.25) is 4.79 Å². The number of carbonyl (C=O) groups excluding carboxylic acids is 1. The maximum absolute atomic E-state index is 12.6. The summed E-state index contributed by atoms with van der Waals surface area (Å²) in [7, 11) is 0. The van der Waals surface area contributed by atoms with Crippen LogP contribution in [0.2, 0.25) is 0 Å². The standard InChI is InChI=1S/C15H17BrF3NO/c16-13-7-1-10(2-8-13)9-20-14(21)11-3-5-12(6-4-11)15(17,18)19/h1-2,7-8,11-12H,3-6,9H2,(H,20,21). The Labute approximate surface area is 130 Å². The summed E-state index contributed by atoms with van der Waals surface area (Å²) in [4.78, 5) is 12.0. The van der Waals surface area contributed by atoms with Gasteiger partial charge in [-0.15, -0.1) is 0 Å². The average Bonchev–Trinajstić information content (AvgIpc) is 2.45. The zero-order chi connectivity index (χ0) is 15.5. The molecule has 116 valence electrons. The summed E-state index contributed by atoms with van der Waals surface area (Å²) in [6.45, 7) is 0.408. The number of amides is 1. The lowest BCUT2D eigenvalue weighted by atomic mass is 9.81. The maximum atomic E-state index is 12.6. The van der Waals surface area contributed by atoms with Crippen molar-refractivity contribution in [3.05, 3.63) is 34.3 Å². The molecule has 1 saturated carbocycles. The Bertz CT molecular complexity index is 479. The molecule has 0 heterocycles. The third kappa shape index (κ3) is 4.73. The van der Waals surface area contributed by atoms with E-state index in [-0.39, 0.29) is 24.7 Å². The predicted molar refractivity (Wildman–Crippen MR) is 77.5 cm³/mol. The Hall–Kier alpha value is -1.04. The zero-order valence-electron chi connectivity index (χ0n) is 11.4. The molecule has 1 aliphatic rings. The molecule has 0 spiro atoms. The highest BCUT2D eigenvalue weighted by atomic mass is 79.9. The monoisotopic (exact) mass is 363 g/mol. The van der Waals surface area contributed by atoms with Crippen molar-refractivity contribution in [1.29, 1.82) is 0 Å². The van der Waals surface area contributed by atoms with Gasteiger partial charge in [0.1, 0.15) is 0 Å². The second-order valence-corrected chi connectivity index (χ2v) is 6.35. The van der Waals surface area contributed by atoms with E-state index < -0.39 is 12.1 Å². The van der Waals surface area contributed by atoms with Gasteiger partial charge in [0.2, 0.25) is 5.91 Å². The summed E-state index contributed by atoms with van der Waals surface area (Å²) in [5.41, 5.74) is 0.968. The number of nitrogens with one attached hydrogen (secondary N) is 1. The second-order valence-electron chi connectivity index (χ2n) is 5.43. The number of hydrogen-bond acceptors (Lipinski definition) is 1. The molecule has 0 unspecified atom stereocenters. The summed E-state index contributed by atoms with van der Waals surface area (Å²) < 4.78 is 38.7. The van der Waals surface area contributed by atoms with E-state index in [0.29, 0.717) is 19.4 Å². The van der Waals surface area contributed by atoms with Crippen molar-refractivity contribution in [2.45, 2.75) is 38.4 Å². The van der Waals surface area contributed by atoms with Gasteiger partial charge in [0.05, 0.1) is 5.92 Å². The topological polar surface area (TPSA) is 29.1 Å². The molecular weight excluding hydrogens is 347 g/mol. The van der Waals surface area contributed by atoms with Gasteiger partial charge in [0.15, 0.2) is 0 Å². The second kappa shape index (κ2) is 6.81. The Morgan fingerprint density at radius 3 is 2.24 bits per heavy atom. The maximum Gasteiger partial charge on any atom is 0.391 e. The molecule has 1 aliphatic carbocycles. The molecule has 21 heavy (non-hydrogen) atoms. The van der Waals surface area contributed by atoms with Crippen LogP contribution in [0.25, 0.3) is 0 Å². The molecular formula is C15H17BrF3NO. The summed E-state index contributed by atoms with van der Waals surface area (Å²) in [5.74, 6) is -1.68. The number of halogens is 4. The van der Waals surface area contributed by atoms with Crippen molar-refractivity contribution >= 4 is 21.8 Å². The molecule has 0 aromatic heterocycles. The van der Waals surface area contributed by atoms with Crippen molar-refractivity contribution in [3.8, 4) is 0 Å². The molecule has 1 aromatic carbocycles. The van der Waals surface area contributed by atoms with Gasteiger partial charge in [-0.05, 0) is 43.4 Å². The van der Waals surface area contributed by atoms with E-state index in [2.05, 4.69) is 21.2 Å². The van der Waals surface area contributed by atoms with Crippen LogP contribution in [0.3, 0.4) is 0 Å². The lowest BCUT2D eigenvalue weighted by Crippen LogP contribution is -2.35. The molecule has 0 aliphatic heterocycles. The molecule has 2 nitrogen and oxygen atoms in total. The number of rotatable bonds is 3. The third-order valence-electron chi connectivity index (χ3n) is 3.94. The molecule has 1 N–H and O–H groups in total. The molecule has 1 fully saturated rings. The van der Waals surface area contributed by atoms with E-state index in [1.54, 1.807) is 0 Å². The van der Waals surface area contributed by atoms with Crippen molar-refractivity contribution in [2.24, 2.45) is 11.8 Å². The van der Waals surface area contributed by atoms with E-state index >= 15 is 0 Å². The molecule has 0 saturated heterocycles. The smallest absolute Gasteiger partial charge is 0.352 e. The third-order valence-corrected chi connectivity index (χ3v) is 4.47. The van der Waals surface area contributed by atoms with Crippen LogP contribution < -0.4 is 5.32 Å². The van der Waals surface area contributed by atoms with Crippen molar-refractivity contribution in [3.63, 3.8) is 0 Å². The van der Waals surface area contributed by atoms with E-state index in [1.807, 2.05) is 24.3 Å². The summed E-state index contributed by atoms with van der Waals surface area (Å²) in [6.07, 6.45) is -3.38. The predicted octanol–water partition coefficient (Wildman–Crippen LogP) is 4.43. The van der Waals surface area contributed by atoms with Crippen LogP contribution >= 0.6 is 15.9 Å². The Balaban J connectivity index is 1.78. The molecule has 0 radical (unpaired) electrons. The number of benzene rings is 1. The first-order valence-electron chi connectivity index (χ1n) is 6.95. The van der Waals surface area contributed by atoms with Crippen LogP contribution in [0.5, 0.6) is 0 Å². The minimum absolute atomic E-state index is 0.0554. The first kappa shape index (κ1) is 16.3. The Morgan fingerprint density at radius 1 is 1.14 bits per heavy atom. The molecule has 2 rings (SSSR count). The van der Waals surface area contributed by atoms with Crippen LogP contribution in [0.4, 0.5) is 13.2 Å². The summed E-state index contributed by atoms with van der Waals surface area (Å²) >= 11 is 3.33. The molecule has 1 aromatic rings. The van der Waals surface area contributed by atoms with Crippen molar-refractivity contribution in [2.75, 3.05) is 0 Å². The van der Waals surface area contributed by atoms with Gasteiger partial charge in [-0.2, -0.15) is 13.2 Å². The summed E-state index contributed by atoms with van der Waals surface area (Å²) in [6, 6.07) is 7.56. The fraction of sp³-hybridized carbons (Fsp3) is 0.533. The van der Waals surface area contributed by atoms with Gasteiger partial charge in [-0.25, -0.2) is 0 Å². The van der Waals surface area contributed by atoms with Gasteiger partial charge in [0.25, 0.3) is 0 Å². The number of alkyl halides is 3. The number of hydrogen-bond donors (Lipinski definition) is 1. The van der Waals surface area contributed by atoms with Crippen LogP contribution in [0.15, 0.2) is 28.7 Å². The quantitative estimate of drug-likeness (QED) is 0.845. The molecule has 0 atom stereocenters. The van der Waals surface area contributed by atoms with Crippen LogP contribution in [0, 0.1) is 11.8 Å². The van der Waals surface area contributed by atoms with Gasteiger partial charge >= 0.3 is 6.18 Å². The lowest BCUT2D eigenvalue weighted by Gasteiger charge is -2.29. The van der Waals surface area contributed by atoms with Gasteiger partial charge in [-0.1, -0.05) is 28.1 Å². The number of carbonyl (C=O) groups is 1. The minimum atomic E-state index is -4.13. The molecule has 1 amide bonds. The van der Waals surface area contributed by atoms with Gasteiger partial charge in [0, 0.05) is 16.9 Å². The van der Waals surface area contributed by atoms with Crippen LogP contribution in [-0.4, -0.2) is 12.1 Å². The zero-order valence-corrected chi connectivity index (χ0v) is 13.0. The Kier molecular flexibility index (Phi) is 5.30. The highest BCUT2D eigenvalue weighted by Gasteiger charge is 2.42. The largest absolute Gasteiger partial charge is 0.391 e. The van der Waals surface area contributed by atoms with Crippen molar-refractivity contribution in [1.82, 2.24) is 5.32 Å². The Morgan fingerprint density at radius 2 is 1.71 bits per heavy atom.